The van der Waals surface area contributed by atoms with Gasteiger partial charge in [0.15, 0.2) is 9.84 Å². The quantitative estimate of drug-likeness (QED) is 0.725. The van der Waals surface area contributed by atoms with Crippen LogP contribution < -0.4 is 10.6 Å². The van der Waals surface area contributed by atoms with Crippen LogP contribution in [0.4, 0.5) is 4.79 Å². The molecule has 2 aromatic carbocycles. The predicted molar refractivity (Wildman–Crippen MR) is 103 cm³/mol. The summed E-state index contributed by atoms with van der Waals surface area (Å²) in [4.78, 5) is 25.0. The zero-order valence-electron chi connectivity index (χ0n) is 15.2. The van der Waals surface area contributed by atoms with E-state index in [4.69, 9.17) is 4.74 Å². The first kappa shape index (κ1) is 19.6. The van der Waals surface area contributed by atoms with Crippen LogP contribution in [-0.4, -0.2) is 32.8 Å². The van der Waals surface area contributed by atoms with Crippen molar-refractivity contribution in [3.63, 3.8) is 0 Å². The van der Waals surface area contributed by atoms with E-state index in [9.17, 15) is 18.0 Å². The molecule has 0 unspecified atom stereocenters. The van der Waals surface area contributed by atoms with Crippen molar-refractivity contribution in [2.75, 3.05) is 12.4 Å². The van der Waals surface area contributed by atoms with Crippen molar-refractivity contribution >= 4 is 21.8 Å². The van der Waals surface area contributed by atoms with Gasteiger partial charge in [0.05, 0.1) is 28.9 Å². The Morgan fingerprint density at radius 3 is 2.25 bits per heavy atom. The lowest BCUT2D eigenvalue weighted by Gasteiger charge is -2.29. The molecule has 0 spiro atoms. The molecule has 1 heterocycles. The van der Waals surface area contributed by atoms with Crippen LogP contribution in [-0.2, 0) is 19.4 Å². The minimum Gasteiger partial charge on any atom is -0.463 e. The van der Waals surface area contributed by atoms with Crippen molar-refractivity contribution in [1.82, 2.24) is 10.6 Å². The third kappa shape index (κ3) is 4.23. The predicted octanol–water partition coefficient (Wildman–Crippen LogP) is 2.33. The Labute approximate surface area is 163 Å². The van der Waals surface area contributed by atoms with Crippen LogP contribution in [0.25, 0.3) is 0 Å². The van der Waals surface area contributed by atoms with E-state index in [1.165, 1.54) is 12.1 Å². The molecular formula is C20H20N2O5S. The molecule has 2 N–H and O–H groups in total. The number of nitrogens with one attached hydrogen (secondary N) is 2. The number of benzene rings is 2. The monoisotopic (exact) mass is 400 g/mol. The fourth-order valence-corrected chi connectivity index (χ4v) is 4.32. The lowest BCUT2D eigenvalue weighted by atomic mass is 9.95. The number of carbonyl (C=O) groups excluding carboxylic acids is 2. The molecule has 146 valence electrons. The van der Waals surface area contributed by atoms with Crippen LogP contribution in [0.5, 0.6) is 0 Å². The number of hydrogen-bond donors (Lipinski definition) is 2. The molecular weight excluding hydrogens is 380 g/mol. The van der Waals surface area contributed by atoms with Gasteiger partial charge in [-0.15, -0.1) is 0 Å². The second kappa shape index (κ2) is 8.26. The Hall–Kier alpha value is -3.13. The zero-order chi connectivity index (χ0) is 20.1. The smallest absolute Gasteiger partial charge is 0.338 e. The Morgan fingerprint density at radius 2 is 1.64 bits per heavy atom. The molecule has 0 aromatic heterocycles. The van der Waals surface area contributed by atoms with E-state index in [-0.39, 0.29) is 22.8 Å². The molecule has 0 saturated heterocycles. The molecule has 0 radical (unpaired) electrons. The number of esters is 1. The molecule has 0 aliphatic carbocycles. The summed E-state index contributed by atoms with van der Waals surface area (Å²) in [5, 5.41) is 5.15. The van der Waals surface area contributed by atoms with Crippen molar-refractivity contribution in [3.8, 4) is 0 Å². The van der Waals surface area contributed by atoms with E-state index < -0.39 is 33.6 Å². The number of ether oxygens (including phenoxy) is 1. The summed E-state index contributed by atoms with van der Waals surface area (Å²) in [5.41, 5.74) is 0.738. The van der Waals surface area contributed by atoms with Crippen molar-refractivity contribution in [1.29, 1.82) is 0 Å². The van der Waals surface area contributed by atoms with Gasteiger partial charge in [-0.2, -0.15) is 0 Å². The normalized spacial score (nSPS) is 16.9. The maximum atomic E-state index is 12.8. The third-order valence-corrected chi connectivity index (χ3v) is 5.88. The molecule has 2 aromatic rings. The highest BCUT2D eigenvalue weighted by atomic mass is 32.2. The summed E-state index contributed by atoms with van der Waals surface area (Å²) in [6.07, 6.45) is 0. The number of sulfone groups is 1. The molecule has 1 aliphatic rings. The average Bonchev–Trinajstić information content (AvgIpc) is 2.68. The van der Waals surface area contributed by atoms with Crippen LogP contribution in [0.2, 0.25) is 0 Å². The fraction of sp³-hybridized carbons (Fsp3) is 0.200. The summed E-state index contributed by atoms with van der Waals surface area (Å²) < 4.78 is 30.8. The average molecular weight is 400 g/mol. The van der Waals surface area contributed by atoms with Gasteiger partial charge in [0.2, 0.25) is 0 Å². The van der Waals surface area contributed by atoms with E-state index in [2.05, 4.69) is 10.6 Å². The molecule has 28 heavy (non-hydrogen) atoms. The van der Waals surface area contributed by atoms with Crippen molar-refractivity contribution in [2.24, 2.45) is 0 Å². The molecule has 3 rings (SSSR count). The fourth-order valence-electron chi connectivity index (χ4n) is 2.98. The minimum absolute atomic E-state index is 0.0138. The Bertz CT molecular complexity index is 1000. The first-order valence-electron chi connectivity index (χ1n) is 8.73. The SMILES string of the molecule is CCOC(=O)C1=C(CS(=O)(=O)c2ccccc2)NC(=O)N[C@@H]1c1ccccc1. The topological polar surface area (TPSA) is 102 Å². The molecule has 0 fully saturated rings. The molecule has 8 heteroatoms. The molecule has 0 saturated carbocycles. The van der Waals surface area contributed by atoms with E-state index in [0.717, 1.165) is 0 Å². The highest BCUT2D eigenvalue weighted by molar-refractivity contribution is 7.91. The second-order valence-corrected chi connectivity index (χ2v) is 8.12. The van der Waals surface area contributed by atoms with Crippen molar-refractivity contribution in [3.05, 3.63) is 77.5 Å². The summed E-state index contributed by atoms with van der Waals surface area (Å²) in [6.45, 7) is 1.78. The van der Waals surface area contributed by atoms with E-state index in [1.54, 1.807) is 55.5 Å². The van der Waals surface area contributed by atoms with Gasteiger partial charge in [-0.05, 0) is 24.6 Å². The van der Waals surface area contributed by atoms with Crippen LogP contribution >= 0.6 is 0 Å². The highest BCUT2D eigenvalue weighted by Crippen LogP contribution is 2.29. The van der Waals surface area contributed by atoms with Gasteiger partial charge in [-0.25, -0.2) is 18.0 Å². The lowest BCUT2D eigenvalue weighted by molar-refractivity contribution is -0.139. The molecule has 7 nitrogen and oxygen atoms in total. The third-order valence-electron chi connectivity index (χ3n) is 4.22. The first-order chi connectivity index (χ1) is 13.4. The molecule has 0 bridgehead atoms. The maximum Gasteiger partial charge on any atom is 0.338 e. The van der Waals surface area contributed by atoms with E-state index >= 15 is 0 Å². The van der Waals surface area contributed by atoms with Gasteiger partial charge >= 0.3 is 12.0 Å². The van der Waals surface area contributed by atoms with Crippen molar-refractivity contribution in [2.45, 2.75) is 17.9 Å². The van der Waals surface area contributed by atoms with E-state index in [1.807, 2.05) is 0 Å². The summed E-state index contributed by atoms with van der Waals surface area (Å²) in [5.74, 6) is -1.20. The van der Waals surface area contributed by atoms with Crippen LogP contribution in [0.1, 0.15) is 18.5 Å². The molecule has 1 atom stereocenters. The zero-order valence-corrected chi connectivity index (χ0v) is 16.0. The standard InChI is InChI=1S/C20H20N2O5S/c1-2-27-19(23)17-16(13-28(25,26)15-11-7-4-8-12-15)21-20(24)22-18(17)14-9-5-3-6-10-14/h3-12,18H,2,13H2,1H3,(H2,21,22,24)/t18-/m1/s1. The van der Waals surface area contributed by atoms with Crippen molar-refractivity contribution < 1.29 is 22.7 Å². The summed E-state index contributed by atoms with van der Waals surface area (Å²) in [6, 6.07) is 15.3. The van der Waals surface area contributed by atoms with Gasteiger partial charge in [-0.3, -0.25) is 0 Å². The first-order valence-corrected chi connectivity index (χ1v) is 10.4. The largest absolute Gasteiger partial charge is 0.463 e. The Balaban J connectivity index is 2.09. The number of amides is 2. The van der Waals surface area contributed by atoms with Gasteiger partial charge in [0, 0.05) is 5.70 Å². The second-order valence-electron chi connectivity index (χ2n) is 6.13. The van der Waals surface area contributed by atoms with Gasteiger partial charge in [0.25, 0.3) is 0 Å². The minimum atomic E-state index is -3.78. The molecule has 1 aliphatic heterocycles. The summed E-state index contributed by atoms with van der Waals surface area (Å²) in [7, 11) is -3.78. The van der Waals surface area contributed by atoms with Gasteiger partial charge in [-0.1, -0.05) is 48.5 Å². The number of rotatable bonds is 6. The van der Waals surface area contributed by atoms with Gasteiger partial charge in [0.1, 0.15) is 0 Å². The van der Waals surface area contributed by atoms with Gasteiger partial charge < -0.3 is 15.4 Å². The lowest BCUT2D eigenvalue weighted by Crippen LogP contribution is -2.47. The Kier molecular flexibility index (Phi) is 5.79. The van der Waals surface area contributed by atoms with Crippen LogP contribution in [0, 0.1) is 0 Å². The maximum absolute atomic E-state index is 12.8. The van der Waals surface area contributed by atoms with Crippen LogP contribution in [0.3, 0.4) is 0 Å². The van der Waals surface area contributed by atoms with Crippen LogP contribution in [0.15, 0.2) is 76.8 Å². The number of hydrogen-bond acceptors (Lipinski definition) is 5. The number of carbonyl (C=O) groups is 2. The molecule has 2 amide bonds. The highest BCUT2D eigenvalue weighted by Gasteiger charge is 2.35. The van der Waals surface area contributed by atoms with E-state index in [0.29, 0.717) is 5.56 Å². The summed E-state index contributed by atoms with van der Waals surface area (Å²) >= 11 is 0. The number of urea groups is 1. The Morgan fingerprint density at radius 1 is 1.04 bits per heavy atom.